The summed E-state index contributed by atoms with van der Waals surface area (Å²) in [6.07, 6.45) is -1.73. The summed E-state index contributed by atoms with van der Waals surface area (Å²) in [5.41, 5.74) is 0. The maximum absolute atomic E-state index is 12.2. The van der Waals surface area contributed by atoms with Crippen LogP contribution in [0.4, 0.5) is 13.2 Å². The van der Waals surface area contributed by atoms with Gasteiger partial charge in [0.1, 0.15) is 5.92 Å². The Labute approximate surface area is 86.6 Å². The molecule has 0 saturated heterocycles. The van der Waals surface area contributed by atoms with Crippen molar-refractivity contribution in [2.45, 2.75) is 45.2 Å². The van der Waals surface area contributed by atoms with Gasteiger partial charge in [0.15, 0.2) is 0 Å². The molecule has 5 heteroatoms. The van der Waals surface area contributed by atoms with Crippen LogP contribution in [0.15, 0.2) is 0 Å². The van der Waals surface area contributed by atoms with E-state index >= 15 is 0 Å². The Hall–Kier alpha value is -0.250. The van der Waals surface area contributed by atoms with Gasteiger partial charge in [0.2, 0.25) is 5.24 Å². The number of carbonyl (C=O) groups excluding carboxylic acids is 1. The van der Waals surface area contributed by atoms with Crippen molar-refractivity contribution in [2.24, 2.45) is 5.92 Å². The van der Waals surface area contributed by atoms with Crippen LogP contribution >= 0.6 is 11.6 Å². The molecule has 0 amide bonds. The number of unbranched alkanes of at least 4 members (excludes halogenated alkanes) is 3. The fourth-order valence-corrected chi connectivity index (χ4v) is 1.41. The standard InChI is InChI=1S/C9H14ClF3O/c1-2-3-4-5-6-7(8(10)14)9(11,12)13/h7H,2-6H2,1H3. The summed E-state index contributed by atoms with van der Waals surface area (Å²) >= 11 is 4.88. The van der Waals surface area contributed by atoms with Crippen LogP contribution in [-0.4, -0.2) is 11.4 Å². The third-order valence-electron chi connectivity index (χ3n) is 2.02. The molecule has 84 valence electrons. The molecule has 0 aromatic heterocycles. The molecule has 0 aliphatic heterocycles. The van der Waals surface area contributed by atoms with E-state index in [2.05, 4.69) is 0 Å². The second-order valence-corrected chi connectivity index (χ2v) is 3.62. The predicted molar refractivity (Wildman–Crippen MR) is 49.2 cm³/mol. The Morgan fingerprint density at radius 2 is 1.86 bits per heavy atom. The summed E-state index contributed by atoms with van der Waals surface area (Å²) in [5.74, 6) is -1.99. The number of alkyl halides is 3. The SMILES string of the molecule is CCCCCCC(C(=O)Cl)C(F)(F)F. The summed E-state index contributed by atoms with van der Waals surface area (Å²) in [7, 11) is 0. The summed E-state index contributed by atoms with van der Waals surface area (Å²) in [4.78, 5) is 10.5. The zero-order valence-corrected chi connectivity index (χ0v) is 8.79. The van der Waals surface area contributed by atoms with Crippen molar-refractivity contribution in [1.82, 2.24) is 0 Å². The van der Waals surface area contributed by atoms with E-state index in [9.17, 15) is 18.0 Å². The Kier molecular flexibility index (Phi) is 6.16. The molecular formula is C9H14ClF3O. The van der Waals surface area contributed by atoms with Crippen molar-refractivity contribution in [3.05, 3.63) is 0 Å². The van der Waals surface area contributed by atoms with Crippen LogP contribution in [0.25, 0.3) is 0 Å². The Morgan fingerprint density at radius 1 is 1.29 bits per heavy atom. The van der Waals surface area contributed by atoms with Crippen LogP contribution in [0.5, 0.6) is 0 Å². The van der Waals surface area contributed by atoms with Crippen molar-refractivity contribution in [3.8, 4) is 0 Å². The molecule has 0 spiro atoms. The highest BCUT2D eigenvalue weighted by Gasteiger charge is 2.43. The van der Waals surface area contributed by atoms with Crippen molar-refractivity contribution in [1.29, 1.82) is 0 Å². The van der Waals surface area contributed by atoms with E-state index in [4.69, 9.17) is 11.6 Å². The molecular weight excluding hydrogens is 217 g/mol. The minimum atomic E-state index is -4.49. The minimum absolute atomic E-state index is 0.189. The van der Waals surface area contributed by atoms with Crippen molar-refractivity contribution in [3.63, 3.8) is 0 Å². The lowest BCUT2D eigenvalue weighted by Gasteiger charge is -2.15. The van der Waals surface area contributed by atoms with Crippen LogP contribution in [0.2, 0.25) is 0 Å². The molecule has 0 aromatic rings. The van der Waals surface area contributed by atoms with E-state index < -0.39 is 17.3 Å². The van der Waals surface area contributed by atoms with Crippen molar-refractivity contribution in [2.75, 3.05) is 0 Å². The van der Waals surface area contributed by atoms with Crippen LogP contribution in [0.3, 0.4) is 0 Å². The first-order valence-corrected chi connectivity index (χ1v) is 5.03. The third kappa shape index (κ3) is 5.47. The fraction of sp³-hybridized carbons (Fsp3) is 0.889. The first-order chi connectivity index (χ1) is 6.39. The van der Waals surface area contributed by atoms with Crippen LogP contribution in [-0.2, 0) is 4.79 Å². The normalized spacial score (nSPS) is 14.1. The van der Waals surface area contributed by atoms with Crippen molar-refractivity contribution >= 4 is 16.8 Å². The predicted octanol–water partition coefficient (Wildman–Crippen LogP) is 3.90. The lowest BCUT2D eigenvalue weighted by atomic mass is 10.0. The second-order valence-electron chi connectivity index (χ2n) is 3.25. The molecule has 0 bridgehead atoms. The molecule has 0 aromatic carbocycles. The van der Waals surface area contributed by atoms with E-state index in [0.29, 0.717) is 12.8 Å². The molecule has 1 nitrogen and oxygen atoms in total. The van der Waals surface area contributed by atoms with E-state index in [0.717, 1.165) is 12.8 Å². The lowest BCUT2D eigenvalue weighted by Crippen LogP contribution is -2.27. The van der Waals surface area contributed by atoms with E-state index in [-0.39, 0.29) is 6.42 Å². The fourth-order valence-electron chi connectivity index (χ4n) is 1.18. The van der Waals surface area contributed by atoms with E-state index in [1.807, 2.05) is 6.92 Å². The third-order valence-corrected chi connectivity index (χ3v) is 2.28. The van der Waals surface area contributed by atoms with E-state index in [1.165, 1.54) is 0 Å². The number of hydrogen-bond donors (Lipinski definition) is 0. The quantitative estimate of drug-likeness (QED) is 0.500. The molecule has 0 rings (SSSR count). The molecule has 0 N–H and O–H groups in total. The smallest absolute Gasteiger partial charge is 0.281 e. The number of rotatable bonds is 6. The first-order valence-electron chi connectivity index (χ1n) is 4.65. The van der Waals surface area contributed by atoms with Gasteiger partial charge in [-0.15, -0.1) is 0 Å². The Balaban J connectivity index is 3.94. The monoisotopic (exact) mass is 230 g/mol. The largest absolute Gasteiger partial charge is 0.399 e. The topological polar surface area (TPSA) is 17.1 Å². The van der Waals surface area contributed by atoms with Gasteiger partial charge in [0.25, 0.3) is 0 Å². The molecule has 0 heterocycles. The van der Waals surface area contributed by atoms with Gasteiger partial charge in [0.05, 0.1) is 0 Å². The number of hydrogen-bond acceptors (Lipinski definition) is 1. The van der Waals surface area contributed by atoms with Crippen LogP contribution in [0.1, 0.15) is 39.0 Å². The molecule has 14 heavy (non-hydrogen) atoms. The molecule has 0 saturated carbocycles. The van der Waals surface area contributed by atoms with Gasteiger partial charge in [-0.05, 0) is 18.0 Å². The molecule has 0 aliphatic rings. The molecule has 1 atom stereocenters. The lowest BCUT2D eigenvalue weighted by molar-refractivity contribution is -0.178. The van der Waals surface area contributed by atoms with Gasteiger partial charge < -0.3 is 0 Å². The summed E-state index contributed by atoms with van der Waals surface area (Å²) in [5, 5.41) is -1.30. The zero-order valence-electron chi connectivity index (χ0n) is 8.03. The first kappa shape index (κ1) is 13.8. The van der Waals surface area contributed by atoms with Gasteiger partial charge in [-0.2, -0.15) is 13.2 Å². The number of halogens is 4. The average Bonchev–Trinajstić information content (AvgIpc) is 2.01. The number of carbonyl (C=O) groups is 1. The average molecular weight is 231 g/mol. The van der Waals surface area contributed by atoms with Crippen LogP contribution in [0, 0.1) is 5.92 Å². The summed E-state index contributed by atoms with van der Waals surface area (Å²) in [6.45, 7) is 1.97. The Morgan fingerprint density at radius 3 is 2.21 bits per heavy atom. The highest BCUT2D eigenvalue weighted by atomic mass is 35.5. The van der Waals surface area contributed by atoms with Gasteiger partial charge >= 0.3 is 6.18 Å². The summed E-state index contributed by atoms with van der Waals surface area (Å²) in [6, 6.07) is 0. The van der Waals surface area contributed by atoms with Gasteiger partial charge in [-0.3, -0.25) is 4.79 Å². The molecule has 0 aliphatic carbocycles. The highest BCUT2D eigenvalue weighted by Crippen LogP contribution is 2.32. The second kappa shape index (κ2) is 6.27. The van der Waals surface area contributed by atoms with Crippen LogP contribution < -0.4 is 0 Å². The van der Waals surface area contributed by atoms with Crippen molar-refractivity contribution < 1.29 is 18.0 Å². The Bertz CT molecular complexity index is 179. The van der Waals surface area contributed by atoms with Gasteiger partial charge in [0, 0.05) is 0 Å². The maximum Gasteiger partial charge on any atom is 0.399 e. The van der Waals surface area contributed by atoms with Gasteiger partial charge in [-0.25, -0.2) is 0 Å². The van der Waals surface area contributed by atoms with E-state index in [1.54, 1.807) is 0 Å². The zero-order chi connectivity index (χ0) is 11.2. The molecule has 0 fully saturated rings. The van der Waals surface area contributed by atoms with Gasteiger partial charge in [-0.1, -0.05) is 32.6 Å². The molecule has 0 radical (unpaired) electrons. The highest BCUT2D eigenvalue weighted by molar-refractivity contribution is 6.64. The maximum atomic E-state index is 12.2. The minimum Gasteiger partial charge on any atom is -0.281 e. The summed E-state index contributed by atoms with van der Waals surface area (Å²) < 4.78 is 36.5. The molecule has 1 unspecified atom stereocenters.